The molecule has 3 rings (SSSR count). The van der Waals surface area contributed by atoms with Crippen molar-refractivity contribution < 1.29 is 19.1 Å². The zero-order chi connectivity index (χ0) is 22.9. The number of benzene rings is 3. The largest absolute Gasteiger partial charge is 0.422 e. The van der Waals surface area contributed by atoms with E-state index in [9.17, 15) is 14.4 Å². The Balaban J connectivity index is 1.58. The minimum absolute atomic E-state index is 0.238. The fourth-order valence-electron chi connectivity index (χ4n) is 2.71. The summed E-state index contributed by atoms with van der Waals surface area (Å²) in [5.41, 5.74) is 4.65. The zero-order valence-electron chi connectivity index (χ0n) is 17.2. The van der Waals surface area contributed by atoms with Gasteiger partial charge in [0.25, 0.3) is 11.8 Å². The number of ether oxygens (including phenoxy) is 1. The van der Waals surface area contributed by atoms with Crippen LogP contribution in [0.4, 0.5) is 0 Å². The summed E-state index contributed by atoms with van der Waals surface area (Å²) in [7, 11) is 0. The molecule has 3 aromatic rings. The molecule has 0 heterocycles. The number of rotatable bonds is 7. The molecular formula is C24H20BrN3O4. The summed E-state index contributed by atoms with van der Waals surface area (Å²) in [6, 6.07) is 20.7. The Kier molecular flexibility index (Phi) is 7.88. The van der Waals surface area contributed by atoms with Gasteiger partial charge in [0.2, 0.25) is 0 Å². The fourth-order valence-corrected chi connectivity index (χ4v) is 3.09. The number of amides is 2. The summed E-state index contributed by atoms with van der Waals surface area (Å²) in [4.78, 5) is 36.5. The predicted octanol–water partition coefficient (Wildman–Crippen LogP) is 3.86. The lowest BCUT2D eigenvalue weighted by Gasteiger charge is -2.08. The van der Waals surface area contributed by atoms with Crippen LogP contribution in [0.2, 0.25) is 0 Å². The molecule has 0 aliphatic heterocycles. The number of hydrazone groups is 1. The lowest BCUT2D eigenvalue weighted by Crippen LogP contribution is -2.34. The molecule has 0 aromatic heterocycles. The normalized spacial score (nSPS) is 10.6. The molecule has 0 fully saturated rings. The molecule has 162 valence electrons. The third-order valence-corrected chi connectivity index (χ3v) is 4.76. The van der Waals surface area contributed by atoms with E-state index in [2.05, 4.69) is 31.8 Å². The SMILES string of the molecule is Cc1cccc(C(=O)NCC(=O)N/N=C\c2cc(Br)ccc2OC(=O)c2ccccc2)c1. The fraction of sp³-hybridized carbons (Fsp3) is 0.0833. The van der Waals surface area contributed by atoms with Gasteiger partial charge in [-0.05, 0) is 49.4 Å². The number of hydrogen-bond donors (Lipinski definition) is 2. The van der Waals surface area contributed by atoms with Gasteiger partial charge in [0.15, 0.2) is 0 Å². The molecule has 0 bridgehead atoms. The topological polar surface area (TPSA) is 96.9 Å². The van der Waals surface area contributed by atoms with E-state index < -0.39 is 11.9 Å². The Hall–Kier alpha value is -3.78. The van der Waals surface area contributed by atoms with Crippen molar-refractivity contribution in [3.8, 4) is 5.75 Å². The van der Waals surface area contributed by atoms with E-state index in [1.165, 1.54) is 6.21 Å². The lowest BCUT2D eigenvalue weighted by atomic mass is 10.1. The Morgan fingerprint density at radius 2 is 1.72 bits per heavy atom. The maximum absolute atomic E-state index is 12.3. The van der Waals surface area contributed by atoms with Gasteiger partial charge in [0.1, 0.15) is 5.75 Å². The maximum atomic E-state index is 12.3. The van der Waals surface area contributed by atoms with E-state index in [-0.39, 0.29) is 18.2 Å². The molecule has 7 nitrogen and oxygen atoms in total. The van der Waals surface area contributed by atoms with Gasteiger partial charge in [-0.3, -0.25) is 9.59 Å². The summed E-state index contributed by atoms with van der Waals surface area (Å²) in [5.74, 6) is -1.08. The van der Waals surface area contributed by atoms with E-state index in [0.29, 0.717) is 16.7 Å². The van der Waals surface area contributed by atoms with Gasteiger partial charge in [-0.2, -0.15) is 5.10 Å². The van der Waals surface area contributed by atoms with Gasteiger partial charge in [-0.25, -0.2) is 10.2 Å². The molecule has 2 N–H and O–H groups in total. The quantitative estimate of drug-likeness (QED) is 0.226. The van der Waals surface area contributed by atoms with Gasteiger partial charge in [-0.15, -0.1) is 0 Å². The highest BCUT2D eigenvalue weighted by Crippen LogP contribution is 2.23. The number of nitrogens with one attached hydrogen (secondary N) is 2. The number of nitrogens with zero attached hydrogens (tertiary/aromatic N) is 1. The Morgan fingerprint density at radius 1 is 0.969 bits per heavy atom. The average Bonchev–Trinajstić information content (AvgIpc) is 2.79. The van der Waals surface area contributed by atoms with E-state index in [1.54, 1.807) is 66.7 Å². The first-order valence-electron chi connectivity index (χ1n) is 9.66. The molecule has 2 amide bonds. The summed E-state index contributed by atoms with van der Waals surface area (Å²) < 4.78 is 6.21. The number of carbonyl (C=O) groups excluding carboxylic acids is 3. The van der Waals surface area contributed by atoms with Crippen LogP contribution in [0.3, 0.4) is 0 Å². The van der Waals surface area contributed by atoms with Crippen LogP contribution in [-0.2, 0) is 4.79 Å². The third-order valence-electron chi connectivity index (χ3n) is 4.27. The molecule has 32 heavy (non-hydrogen) atoms. The zero-order valence-corrected chi connectivity index (χ0v) is 18.8. The third kappa shape index (κ3) is 6.61. The van der Waals surface area contributed by atoms with Crippen molar-refractivity contribution in [2.75, 3.05) is 6.54 Å². The summed E-state index contributed by atoms with van der Waals surface area (Å²) in [6.07, 6.45) is 1.36. The highest BCUT2D eigenvalue weighted by atomic mass is 79.9. The second-order valence-electron chi connectivity index (χ2n) is 6.78. The predicted molar refractivity (Wildman–Crippen MR) is 125 cm³/mol. The number of hydrogen-bond acceptors (Lipinski definition) is 5. The van der Waals surface area contributed by atoms with Crippen molar-refractivity contribution in [1.82, 2.24) is 10.7 Å². The number of aryl methyl sites for hydroxylation is 1. The first kappa shape index (κ1) is 22.9. The Bertz CT molecular complexity index is 1160. The summed E-state index contributed by atoms with van der Waals surface area (Å²) in [6.45, 7) is 1.64. The van der Waals surface area contributed by atoms with Crippen LogP contribution in [-0.4, -0.2) is 30.5 Å². The minimum Gasteiger partial charge on any atom is -0.422 e. The minimum atomic E-state index is -0.509. The highest BCUT2D eigenvalue weighted by molar-refractivity contribution is 9.10. The van der Waals surface area contributed by atoms with Crippen LogP contribution in [0.5, 0.6) is 5.75 Å². The van der Waals surface area contributed by atoms with Crippen molar-refractivity contribution >= 4 is 39.9 Å². The van der Waals surface area contributed by atoms with E-state index >= 15 is 0 Å². The van der Waals surface area contributed by atoms with Gasteiger partial charge in [0, 0.05) is 15.6 Å². The van der Waals surface area contributed by atoms with Gasteiger partial charge in [0.05, 0.1) is 18.3 Å². The standard InChI is InChI=1S/C24H20BrN3O4/c1-16-6-5-9-18(12-16)23(30)26-15-22(29)28-27-14-19-13-20(25)10-11-21(19)32-24(31)17-7-3-2-4-8-17/h2-14H,15H2,1H3,(H,26,30)(H,28,29)/b27-14-. The van der Waals surface area contributed by atoms with Crippen molar-refractivity contribution in [2.24, 2.45) is 5.10 Å². The van der Waals surface area contributed by atoms with Crippen LogP contribution in [0, 0.1) is 6.92 Å². The first-order valence-corrected chi connectivity index (χ1v) is 10.5. The molecule has 0 saturated carbocycles. The van der Waals surface area contributed by atoms with E-state index in [4.69, 9.17) is 4.74 Å². The second-order valence-corrected chi connectivity index (χ2v) is 7.70. The van der Waals surface area contributed by atoms with Crippen LogP contribution in [0.25, 0.3) is 0 Å². The van der Waals surface area contributed by atoms with Crippen LogP contribution < -0.4 is 15.5 Å². The van der Waals surface area contributed by atoms with Crippen molar-refractivity contribution in [1.29, 1.82) is 0 Å². The maximum Gasteiger partial charge on any atom is 0.343 e. The monoisotopic (exact) mass is 493 g/mol. The lowest BCUT2D eigenvalue weighted by molar-refractivity contribution is -0.120. The van der Waals surface area contributed by atoms with Crippen molar-refractivity contribution in [3.05, 3.63) is 99.5 Å². The number of carbonyl (C=O) groups is 3. The molecule has 0 atom stereocenters. The molecule has 0 spiro atoms. The second kappa shape index (κ2) is 11.0. The first-order chi connectivity index (χ1) is 15.4. The summed E-state index contributed by atoms with van der Waals surface area (Å²) >= 11 is 3.36. The smallest absolute Gasteiger partial charge is 0.343 e. The highest BCUT2D eigenvalue weighted by Gasteiger charge is 2.12. The number of halogens is 1. The average molecular weight is 494 g/mol. The molecule has 0 unspecified atom stereocenters. The van der Waals surface area contributed by atoms with Crippen molar-refractivity contribution in [2.45, 2.75) is 6.92 Å². The molecule has 0 aliphatic carbocycles. The molecule has 0 aliphatic rings. The van der Waals surface area contributed by atoms with E-state index in [0.717, 1.165) is 10.0 Å². The van der Waals surface area contributed by atoms with Crippen LogP contribution in [0.1, 0.15) is 31.8 Å². The number of esters is 1. The van der Waals surface area contributed by atoms with Gasteiger partial charge < -0.3 is 10.1 Å². The molecule has 0 saturated heterocycles. The van der Waals surface area contributed by atoms with Crippen LogP contribution in [0.15, 0.2) is 82.4 Å². The van der Waals surface area contributed by atoms with Gasteiger partial charge >= 0.3 is 5.97 Å². The van der Waals surface area contributed by atoms with Crippen LogP contribution >= 0.6 is 15.9 Å². The van der Waals surface area contributed by atoms with E-state index in [1.807, 2.05) is 13.0 Å². The van der Waals surface area contributed by atoms with Gasteiger partial charge in [-0.1, -0.05) is 51.8 Å². The molecule has 0 radical (unpaired) electrons. The molecular weight excluding hydrogens is 474 g/mol. The molecule has 8 heteroatoms. The van der Waals surface area contributed by atoms with Crippen molar-refractivity contribution in [3.63, 3.8) is 0 Å². The Labute approximate surface area is 193 Å². The Morgan fingerprint density at radius 3 is 2.47 bits per heavy atom. The molecule has 3 aromatic carbocycles. The summed E-state index contributed by atoms with van der Waals surface area (Å²) in [5, 5.41) is 6.44.